The van der Waals surface area contributed by atoms with Gasteiger partial charge in [-0.05, 0) is 24.6 Å². The van der Waals surface area contributed by atoms with E-state index in [0.717, 1.165) is 16.6 Å². The number of aryl methyl sites for hydroxylation is 1. The van der Waals surface area contributed by atoms with Crippen LogP contribution in [0.25, 0.3) is 11.0 Å². The Kier molecular flexibility index (Phi) is 3.69. The molecule has 1 heterocycles. The fourth-order valence-electron chi connectivity index (χ4n) is 2.25. The van der Waals surface area contributed by atoms with Crippen LogP contribution in [-0.4, -0.2) is 15.5 Å². The summed E-state index contributed by atoms with van der Waals surface area (Å²) in [6.45, 7) is 2.88. The lowest BCUT2D eigenvalue weighted by Crippen LogP contribution is -2.26. The minimum atomic E-state index is -0.0151. The van der Waals surface area contributed by atoms with Crippen LogP contribution in [0.15, 0.2) is 54.9 Å². The number of nitrogens with zero attached hydrogens (tertiary/aromatic N) is 2. The fourth-order valence-corrected chi connectivity index (χ4v) is 2.25. The summed E-state index contributed by atoms with van der Waals surface area (Å²) in [5.74, 6) is -0.0151. The molecule has 1 amide bonds. The number of imidazole rings is 1. The van der Waals surface area contributed by atoms with Gasteiger partial charge in [0.1, 0.15) is 6.54 Å². The molecular weight excluding hydrogens is 262 g/mol. The second-order valence-corrected chi connectivity index (χ2v) is 5.12. The van der Waals surface area contributed by atoms with Crippen LogP contribution in [0.1, 0.15) is 11.1 Å². The first-order valence-corrected chi connectivity index (χ1v) is 6.94. The zero-order valence-corrected chi connectivity index (χ0v) is 11.9. The van der Waals surface area contributed by atoms with Gasteiger partial charge in [0.2, 0.25) is 5.91 Å². The van der Waals surface area contributed by atoms with E-state index in [1.165, 1.54) is 5.56 Å². The molecule has 3 rings (SSSR count). The molecule has 0 aliphatic rings. The molecule has 21 heavy (non-hydrogen) atoms. The predicted molar refractivity (Wildman–Crippen MR) is 82.8 cm³/mol. The number of hydrogen-bond donors (Lipinski definition) is 1. The van der Waals surface area contributed by atoms with Crippen molar-refractivity contribution in [2.45, 2.75) is 20.0 Å². The van der Waals surface area contributed by atoms with E-state index in [1.807, 2.05) is 60.0 Å². The van der Waals surface area contributed by atoms with Crippen LogP contribution < -0.4 is 5.32 Å². The molecule has 0 fully saturated rings. The van der Waals surface area contributed by atoms with Gasteiger partial charge in [-0.3, -0.25) is 4.79 Å². The molecule has 0 radical (unpaired) electrons. The molecule has 0 aliphatic heterocycles. The Morgan fingerprint density at radius 3 is 2.71 bits per heavy atom. The van der Waals surface area contributed by atoms with E-state index in [2.05, 4.69) is 10.3 Å². The van der Waals surface area contributed by atoms with Crippen molar-refractivity contribution in [3.63, 3.8) is 0 Å². The molecule has 0 bridgehead atoms. The van der Waals surface area contributed by atoms with Crippen molar-refractivity contribution in [1.82, 2.24) is 14.9 Å². The van der Waals surface area contributed by atoms with Gasteiger partial charge in [0.05, 0.1) is 17.4 Å². The largest absolute Gasteiger partial charge is 0.350 e. The Morgan fingerprint density at radius 1 is 1.14 bits per heavy atom. The van der Waals surface area contributed by atoms with Gasteiger partial charge in [0.25, 0.3) is 0 Å². The standard InChI is InChI=1S/C17H17N3O/c1-13-6-8-14(9-7-13)10-18-17(21)11-20-12-19-15-4-2-3-5-16(15)20/h2-9,12H,10-11H2,1H3,(H,18,21). The van der Waals surface area contributed by atoms with Crippen molar-refractivity contribution in [2.24, 2.45) is 0 Å². The zero-order chi connectivity index (χ0) is 14.7. The highest BCUT2D eigenvalue weighted by atomic mass is 16.1. The number of aromatic nitrogens is 2. The Balaban J connectivity index is 1.62. The Hall–Kier alpha value is -2.62. The van der Waals surface area contributed by atoms with Gasteiger partial charge < -0.3 is 9.88 Å². The summed E-state index contributed by atoms with van der Waals surface area (Å²) in [4.78, 5) is 16.3. The Morgan fingerprint density at radius 2 is 1.90 bits per heavy atom. The number of hydrogen-bond acceptors (Lipinski definition) is 2. The first kappa shape index (κ1) is 13.4. The molecule has 1 N–H and O–H groups in total. The van der Waals surface area contributed by atoms with E-state index in [-0.39, 0.29) is 12.5 Å². The molecule has 2 aromatic carbocycles. The van der Waals surface area contributed by atoms with Gasteiger partial charge in [0, 0.05) is 6.54 Å². The van der Waals surface area contributed by atoms with Crippen molar-refractivity contribution in [1.29, 1.82) is 0 Å². The molecule has 1 aromatic heterocycles. The van der Waals surface area contributed by atoms with E-state index in [4.69, 9.17) is 0 Å². The maximum absolute atomic E-state index is 12.0. The van der Waals surface area contributed by atoms with Crippen molar-refractivity contribution in [3.8, 4) is 0 Å². The Bertz CT molecular complexity index is 759. The normalized spacial score (nSPS) is 10.7. The lowest BCUT2D eigenvalue weighted by molar-refractivity contribution is -0.121. The molecule has 0 saturated heterocycles. The summed E-state index contributed by atoms with van der Waals surface area (Å²) in [6.07, 6.45) is 1.70. The van der Waals surface area contributed by atoms with E-state index in [1.54, 1.807) is 6.33 Å². The van der Waals surface area contributed by atoms with Crippen LogP contribution in [0.5, 0.6) is 0 Å². The maximum atomic E-state index is 12.0. The number of rotatable bonds is 4. The van der Waals surface area contributed by atoms with Crippen LogP contribution in [0.3, 0.4) is 0 Å². The van der Waals surface area contributed by atoms with Crippen molar-refractivity contribution in [3.05, 3.63) is 66.0 Å². The van der Waals surface area contributed by atoms with Crippen molar-refractivity contribution < 1.29 is 4.79 Å². The summed E-state index contributed by atoms with van der Waals surface area (Å²) < 4.78 is 1.86. The second kappa shape index (κ2) is 5.79. The zero-order valence-electron chi connectivity index (χ0n) is 11.9. The highest BCUT2D eigenvalue weighted by molar-refractivity contribution is 5.80. The summed E-state index contributed by atoms with van der Waals surface area (Å²) >= 11 is 0. The SMILES string of the molecule is Cc1ccc(CNC(=O)Cn2cnc3ccccc32)cc1. The Labute approximate surface area is 123 Å². The van der Waals surface area contributed by atoms with Crippen molar-refractivity contribution in [2.75, 3.05) is 0 Å². The van der Waals surface area contributed by atoms with Gasteiger partial charge in [-0.2, -0.15) is 0 Å². The van der Waals surface area contributed by atoms with E-state index in [9.17, 15) is 4.79 Å². The summed E-state index contributed by atoms with van der Waals surface area (Å²) in [5, 5.41) is 2.93. The molecule has 0 aliphatic carbocycles. The maximum Gasteiger partial charge on any atom is 0.240 e. The van der Waals surface area contributed by atoms with E-state index in [0.29, 0.717) is 6.54 Å². The highest BCUT2D eigenvalue weighted by Crippen LogP contribution is 2.11. The molecule has 106 valence electrons. The van der Waals surface area contributed by atoms with Gasteiger partial charge in [-0.1, -0.05) is 42.0 Å². The first-order chi connectivity index (χ1) is 10.2. The number of carbonyl (C=O) groups is 1. The molecule has 3 aromatic rings. The van der Waals surface area contributed by atoms with Crippen LogP contribution in [-0.2, 0) is 17.9 Å². The van der Waals surface area contributed by atoms with Gasteiger partial charge >= 0.3 is 0 Å². The van der Waals surface area contributed by atoms with Gasteiger partial charge in [-0.25, -0.2) is 4.98 Å². The lowest BCUT2D eigenvalue weighted by Gasteiger charge is -2.07. The van der Waals surface area contributed by atoms with Crippen LogP contribution in [0.4, 0.5) is 0 Å². The highest BCUT2D eigenvalue weighted by Gasteiger charge is 2.06. The minimum absolute atomic E-state index is 0.0151. The number of nitrogens with one attached hydrogen (secondary N) is 1. The number of benzene rings is 2. The third-order valence-corrected chi connectivity index (χ3v) is 3.45. The second-order valence-electron chi connectivity index (χ2n) is 5.12. The molecule has 0 saturated carbocycles. The van der Waals surface area contributed by atoms with Gasteiger partial charge in [0.15, 0.2) is 0 Å². The average molecular weight is 279 g/mol. The van der Waals surface area contributed by atoms with Crippen LogP contribution in [0, 0.1) is 6.92 Å². The fraction of sp³-hybridized carbons (Fsp3) is 0.176. The molecule has 4 heteroatoms. The van der Waals surface area contributed by atoms with E-state index < -0.39 is 0 Å². The predicted octanol–water partition coefficient (Wildman–Crippen LogP) is 2.66. The third kappa shape index (κ3) is 3.11. The number of amides is 1. The van der Waals surface area contributed by atoms with E-state index >= 15 is 0 Å². The molecule has 0 atom stereocenters. The molecule has 0 spiro atoms. The number of carbonyl (C=O) groups excluding carboxylic acids is 1. The summed E-state index contributed by atoms with van der Waals surface area (Å²) in [5.41, 5.74) is 4.20. The number of para-hydroxylation sites is 2. The topological polar surface area (TPSA) is 46.9 Å². The smallest absolute Gasteiger partial charge is 0.240 e. The summed E-state index contributed by atoms with van der Waals surface area (Å²) in [6, 6.07) is 16.0. The van der Waals surface area contributed by atoms with Gasteiger partial charge in [-0.15, -0.1) is 0 Å². The first-order valence-electron chi connectivity index (χ1n) is 6.94. The van der Waals surface area contributed by atoms with Crippen LogP contribution >= 0.6 is 0 Å². The third-order valence-electron chi connectivity index (χ3n) is 3.45. The van der Waals surface area contributed by atoms with Crippen LogP contribution in [0.2, 0.25) is 0 Å². The summed E-state index contributed by atoms with van der Waals surface area (Å²) in [7, 11) is 0. The quantitative estimate of drug-likeness (QED) is 0.798. The lowest BCUT2D eigenvalue weighted by atomic mass is 10.1. The van der Waals surface area contributed by atoms with Crippen molar-refractivity contribution >= 4 is 16.9 Å². The molecular formula is C17H17N3O. The molecule has 0 unspecified atom stereocenters. The monoisotopic (exact) mass is 279 g/mol. The molecule has 4 nitrogen and oxygen atoms in total. The minimum Gasteiger partial charge on any atom is -0.350 e. The average Bonchev–Trinajstić information content (AvgIpc) is 2.90. The number of fused-ring (bicyclic) bond motifs is 1.